The van der Waals surface area contributed by atoms with E-state index in [1.54, 1.807) is 5.38 Å². The monoisotopic (exact) mass is 254 g/mol. The summed E-state index contributed by atoms with van der Waals surface area (Å²) in [6.45, 7) is 0. The molecule has 1 saturated carbocycles. The maximum absolute atomic E-state index is 11.4. The molecule has 1 aromatic heterocycles. The van der Waals surface area contributed by atoms with Crippen LogP contribution < -0.4 is 5.32 Å². The molecule has 92 valence electrons. The first-order chi connectivity index (χ1) is 8.05. The highest BCUT2D eigenvalue weighted by molar-refractivity contribution is 7.10. The number of Topliss-reactive ketones (excluding diaryl/α,β-unsaturated/α-hetero) is 1. The van der Waals surface area contributed by atoms with Gasteiger partial charge < -0.3 is 10.4 Å². The van der Waals surface area contributed by atoms with Crippen LogP contribution in [-0.4, -0.2) is 28.8 Å². The molecule has 2 N–H and O–H groups in total. The second kappa shape index (κ2) is 4.54. The van der Waals surface area contributed by atoms with Gasteiger partial charge in [0.15, 0.2) is 0 Å². The van der Waals surface area contributed by atoms with Crippen LogP contribution in [-0.2, 0) is 10.4 Å². The second-order valence-corrected chi connectivity index (χ2v) is 5.05. The van der Waals surface area contributed by atoms with Crippen molar-refractivity contribution in [2.24, 2.45) is 0 Å². The smallest absolute Gasteiger partial charge is 0.270 e. The summed E-state index contributed by atoms with van der Waals surface area (Å²) in [5, 5.41) is 15.0. The van der Waals surface area contributed by atoms with Gasteiger partial charge in [0.1, 0.15) is 22.1 Å². The van der Waals surface area contributed by atoms with E-state index in [2.05, 4.69) is 10.3 Å². The lowest BCUT2D eigenvalue weighted by molar-refractivity contribution is -0.125. The zero-order valence-electron chi connectivity index (χ0n) is 9.52. The van der Waals surface area contributed by atoms with Crippen LogP contribution in [0.1, 0.15) is 41.2 Å². The van der Waals surface area contributed by atoms with Crippen molar-refractivity contribution in [2.75, 3.05) is 7.05 Å². The van der Waals surface area contributed by atoms with Crippen LogP contribution in [0.2, 0.25) is 0 Å². The van der Waals surface area contributed by atoms with E-state index in [9.17, 15) is 14.7 Å². The normalized spacial score (nSPS) is 19.1. The summed E-state index contributed by atoms with van der Waals surface area (Å²) in [7, 11) is 1.54. The Morgan fingerprint density at radius 1 is 1.53 bits per heavy atom. The number of thiazole rings is 1. The topological polar surface area (TPSA) is 79.3 Å². The third kappa shape index (κ3) is 2.37. The molecule has 6 heteroatoms. The minimum atomic E-state index is -1.04. The molecule has 17 heavy (non-hydrogen) atoms. The number of ketones is 1. The van der Waals surface area contributed by atoms with Gasteiger partial charge in [-0.15, -0.1) is 11.3 Å². The fraction of sp³-hybridized carbons (Fsp3) is 0.545. The highest BCUT2D eigenvalue weighted by Gasteiger charge is 2.37. The average Bonchev–Trinajstić information content (AvgIpc) is 2.82. The van der Waals surface area contributed by atoms with Crippen molar-refractivity contribution < 1.29 is 14.7 Å². The van der Waals surface area contributed by atoms with Crippen molar-refractivity contribution in [2.45, 2.75) is 31.3 Å². The van der Waals surface area contributed by atoms with Gasteiger partial charge in [0, 0.05) is 25.3 Å². The molecule has 1 fully saturated rings. The number of aliphatic hydroxyl groups is 1. The maximum Gasteiger partial charge on any atom is 0.270 e. The molecule has 0 aromatic carbocycles. The molecule has 2 rings (SSSR count). The average molecular weight is 254 g/mol. The molecule has 0 radical (unpaired) electrons. The lowest BCUT2D eigenvalue weighted by Crippen LogP contribution is -2.31. The number of hydrogen-bond acceptors (Lipinski definition) is 5. The van der Waals surface area contributed by atoms with E-state index in [0.717, 1.165) is 0 Å². The lowest BCUT2D eigenvalue weighted by Gasteiger charge is -2.29. The minimum Gasteiger partial charge on any atom is -0.383 e. The zero-order chi connectivity index (χ0) is 12.5. The maximum atomic E-state index is 11.4. The largest absolute Gasteiger partial charge is 0.383 e. The summed E-state index contributed by atoms with van der Waals surface area (Å²) < 4.78 is 0. The lowest BCUT2D eigenvalue weighted by atomic mass is 9.85. The quantitative estimate of drug-likeness (QED) is 0.819. The Balaban J connectivity index is 2.19. The first kappa shape index (κ1) is 12.2. The predicted octanol–water partition coefficient (Wildman–Crippen LogP) is 0.833. The van der Waals surface area contributed by atoms with Gasteiger partial charge in [-0.1, -0.05) is 0 Å². The number of rotatable bonds is 2. The fourth-order valence-corrected chi connectivity index (χ4v) is 2.83. The number of carbonyl (C=O) groups excluding carboxylic acids is 2. The van der Waals surface area contributed by atoms with Crippen LogP contribution in [0.4, 0.5) is 0 Å². The number of aromatic nitrogens is 1. The van der Waals surface area contributed by atoms with Crippen molar-refractivity contribution in [3.63, 3.8) is 0 Å². The SMILES string of the molecule is CNC(=O)c1csc(C2(O)CCC(=O)CC2)n1. The summed E-state index contributed by atoms with van der Waals surface area (Å²) >= 11 is 1.27. The number of amides is 1. The van der Waals surface area contributed by atoms with Gasteiger partial charge in [-0.3, -0.25) is 9.59 Å². The molecular weight excluding hydrogens is 240 g/mol. The molecule has 0 unspecified atom stereocenters. The van der Waals surface area contributed by atoms with Crippen molar-refractivity contribution >= 4 is 23.0 Å². The Labute approximate surface area is 103 Å². The first-order valence-electron chi connectivity index (χ1n) is 5.47. The molecule has 0 atom stereocenters. The molecule has 0 spiro atoms. The molecule has 0 saturated heterocycles. The van der Waals surface area contributed by atoms with E-state index in [4.69, 9.17) is 0 Å². The summed E-state index contributed by atoms with van der Waals surface area (Å²) in [4.78, 5) is 26.7. The summed E-state index contributed by atoms with van der Waals surface area (Å²) in [6, 6.07) is 0. The standard InChI is InChI=1S/C11H14N2O3S/c1-12-9(15)8-6-17-10(13-8)11(16)4-2-7(14)3-5-11/h6,16H,2-5H2,1H3,(H,12,15). The Morgan fingerprint density at radius 3 is 2.76 bits per heavy atom. The van der Waals surface area contributed by atoms with E-state index in [1.165, 1.54) is 18.4 Å². The molecule has 0 bridgehead atoms. The highest BCUT2D eigenvalue weighted by Crippen LogP contribution is 2.37. The van der Waals surface area contributed by atoms with Gasteiger partial charge in [-0.2, -0.15) is 0 Å². The minimum absolute atomic E-state index is 0.178. The summed E-state index contributed by atoms with van der Waals surface area (Å²) in [5.74, 6) is -0.0826. The molecular formula is C11H14N2O3S. The molecule has 5 nitrogen and oxygen atoms in total. The van der Waals surface area contributed by atoms with E-state index in [1.807, 2.05) is 0 Å². The van der Waals surface area contributed by atoms with Gasteiger partial charge >= 0.3 is 0 Å². The highest BCUT2D eigenvalue weighted by atomic mass is 32.1. The van der Waals surface area contributed by atoms with Gasteiger partial charge in [-0.05, 0) is 12.8 Å². The van der Waals surface area contributed by atoms with Crippen molar-refractivity contribution in [1.82, 2.24) is 10.3 Å². The van der Waals surface area contributed by atoms with Crippen molar-refractivity contribution in [1.29, 1.82) is 0 Å². The van der Waals surface area contributed by atoms with Crippen LogP contribution >= 0.6 is 11.3 Å². The number of nitrogens with zero attached hydrogens (tertiary/aromatic N) is 1. The van der Waals surface area contributed by atoms with Crippen LogP contribution in [0.15, 0.2) is 5.38 Å². The Kier molecular flexibility index (Phi) is 3.26. The third-order valence-electron chi connectivity index (χ3n) is 3.00. The first-order valence-corrected chi connectivity index (χ1v) is 6.35. The van der Waals surface area contributed by atoms with Crippen LogP contribution in [0.25, 0.3) is 0 Å². The van der Waals surface area contributed by atoms with Gasteiger partial charge in [-0.25, -0.2) is 4.98 Å². The molecule has 1 amide bonds. The summed E-state index contributed by atoms with van der Waals surface area (Å²) in [5.41, 5.74) is -0.719. The second-order valence-electron chi connectivity index (χ2n) is 4.19. The molecule has 1 aliphatic rings. The van der Waals surface area contributed by atoms with Crippen LogP contribution in [0.5, 0.6) is 0 Å². The van der Waals surface area contributed by atoms with E-state index < -0.39 is 5.60 Å². The van der Waals surface area contributed by atoms with Crippen LogP contribution in [0.3, 0.4) is 0 Å². The molecule has 0 aliphatic heterocycles. The summed E-state index contributed by atoms with van der Waals surface area (Å²) in [6.07, 6.45) is 1.55. The Hall–Kier alpha value is -1.27. The van der Waals surface area contributed by atoms with Crippen LogP contribution in [0, 0.1) is 0 Å². The van der Waals surface area contributed by atoms with E-state index in [0.29, 0.717) is 36.4 Å². The predicted molar refractivity (Wildman–Crippen MR) is 62.9 cm³/mol. The number of carbonyl (C=O) groups is 2. The van der Waals surface area contributed by atoms with E-state index in [-0.39, 0.29) is 11.7 Å². The zero-order valence-corrected chi connectivity index (χ0v) is 10.3. The van der Waals surface area contributed by atoms with Gasteiger partial charge in [0.2, 0.25) is 0 Å². The van der Waals surface area contributed by atoms with Gasteiger partial charge in [0.25, 0.3) is 5.91 Å². The Morgan fingerprint density at radius 2 is 2.18 bits per heavy atom. The Bertz CT molecular complexity index is 445. The van der Waals surface area contributed by atoms with Crippen molar-refractivity contribution in [3.8, 4) is 0 Å². The van der Waals surface area contributed by atoms with E-state index >= 15 is 0 Å². The third-order valence-corrected chi connectivity index (χ3v) is 4.03. The number of hydrogen-bond donors (Lipinski definition) is 2. The molecule has 1 aliphatic carbocycles. The van der Waals surface area contributed by atoms with Crippen molar-refractivity contribution in [3.05, 3.63) is 16.1 Å². The van der Waals surface area contributed by atoms with Gasteiger partial charge in [0.05, 0.1) is 0 Å². The molecule has 1 heterocycles. The number of nitrogens with one attached hydrogen (secondary N) is 1. The fourth-order valence-electron chi connectivity index (χ4n) is 1.88. The molecule has 1 aromatic rings.